The molecular weight excluding hydrogens is 116 g/mol. The molecule has 0 aromatic rings. The molecule has 0 bridgehead atoms. The standard InChI is InChI=1S/C7H12O2/c1-5(6(2)8)7(3)9-4/h5H,3H2,1-2,4H3. The molecule has 1 unspecified atom stereocenters. The predicted octanol–water partition coefficient (Wildman–Crippen LogP) is 1.37. The molecule has 0 spiro atoms. The van der Waals surface area contributed by atoms with E-state index >= 15 is 0 Å². The molecule has 0 aromatic carbocycles. The molecule has 0 fully saturated rings. The molecule has 0 N–H and O–H groups in total. The van der Waals surface area contributed by atoms with Crippen LogP contribution in [0, 0.1) is 5.92 Å². The number of hydrogen-bond donors (Lipinski definition) is 0. The summed E-state index contributed by atoms with van der Waals surface area (Å²) in [5.74, 6) is 0.444. The first-order chi connectivity index (χ1) is 4.09. The van der Waals surface area contributed by atoms with Crippen LogP contribution in [-0.2, 0) is 9.53 Å². The third-order valence-electron chi connectivity index (χ3n) is 1.35. The number of methoxy groups -OCH3 is 1. The highest BCUT2D eigenvalue weighted by Gasteiger charge is 2.10. The zero-order chi connectivity index (χ0) is 7.44. The molecule has 2 nitrogen and oxygen atoms in total. The number of ether oxygens (including phenoxy) is 1. The maximum Gasteiger partial charge on any atom is 0.140 e. The second kappa shape index (κ2) is 3.28. The van der Waals surface area contributed by atoms with E-state index in [1.54, 1.807) is 6.92 Å². The molecule has 0 rings (SSSR count). The Labute approximate surface area is 55.5 Å². The second-order valence-electron chi connectivity index (χ2n) is 2.00. The van der Waals surface area contributed by atoms with Crippen molar-refractivity contribution in [1.29, 1.82) is 0 Å². The van der Waals surface area contributed by atoms with Gasteiger partial charge in [-0.3, -0.25) is 4.79 Å². The Morgan fingerprint density at radius 3 is 2.22 bits per heavy atom. The first-order valence-electron chi connectivity index (χ1n) is 2.82. The number of Topliss-reactive ketones (excluding diaryl/α,β-unsaturated/α-hetero) is 1. The molecule has 0 radical (unpaired) electrons. The summed E-state index contributed by atoms with van der Waals surface area (Å²) in [4.78, 5) is 10.6. The third kappa shape index (κ3) is 2.31. The average molecular weight is 128 g/mol. The SMILES string of the molecule is C=C(OC)C(C)C(C)=O. The molecule has 52 valence electrons. The van der Waals surface area contributed by atoms with Crippen molar-refractivity contribution >= 4 is 5.78 Å². The zero-order valence-electron chi connectivity index (χ0n) is 6.10. The Morgan fingerprint density at radius 2 is 2.11 bits per heavy atom. The van der Waals surface area contributed by atoms with Gasteiger partial charge in [0.15, 0.2) is 0 Å². The molecule has 0 amide bonds. The lowest BCUT2D eigenvalue weighted by molar-refractivity contribution is -0.120. The van der Waals surface area contributed by atoms with Crippen LogP contribution in [0.5, 0.6) is 0 Å². The summed E-state index contributed by atoms with van der Waals surface area (Å²) in [6, 6.07) is 0. The van der Waals surface area contributed by atoms with E-state index in [0.29, 0.717) is 5.76 Å². The fourth-order valence-electron chi connectivity index (χ4n) is 0.403. The van der Waals surface area contributed by atoms with Crippen molar-refractivity contribution in [3.8, 4) is 0 Å². The van der Waals surface area contributed by atoms with Gasteiger partial charge in [-0.05, 0) is 13.8 Å². The molecule has 0 saturated carbocycles. The molecular formula is C7H12O2. The molecule has 0 aromatic heterocycles. The number of allylic oxidation sites excluding steroid dienone is 1. The summed E-state index contributed by atoms with van der Waals surface area (Å²) in [5, 5.41) is 0. The van der Waals surface area contributed by atoms with Gasteiger partial charge in [-0.15, -0.1) is 0 Å². The number of hydrogen-bond acceptors (Lipinski definition) is 2. The molecule has 0 aliphatic carbocycles. The van der Waals surface area contributed by atoms with Crippen LogP contribution in [0.3, 0.4) is 0 Å². The van der Waals surface area contributed by atoms with Crippen LogP contribution >= 0.6 is 0 Å². The van der Waals surface area contributed by atoms with Gasteiger partial charge >= 0.3 is 0 Å². The number of carbonyl (C=O) groups excluding carboxylic acids is 1. The average Bonchev–Trinajstić information content (AvgIpc) is 1.84. The van der Waals surface area contributed by atoms with Crippen LogP contribution in [0.25, 0.3) is 0 Å². The van der Waals surface area contributed by atoms with Crippen molar-refractivity contribution < 1.29 is 9.53 Å². The van der Waals surface area contributed by atoms with E-state index < -0.39 is 0 Å². The second-order valence-corrected chi connectivity index (χ2v) is 2.00. The summed E-state index contributed by atoms with van der Waals surface area (Å²) < 4.78 is 4.76. The topological polar surface area (TPSA) is 26.3 Å². The van der Waals surface area contributed by atoms with Crippen LogP contribution in [0.1, 0.15) is 13.8 Å². The van der Waals surface area contributed by atoms with E-state index in [-0.39, 0.29) is 11.7 Å². The highest BCUT2D eigenvalue weighted by Crippen LogP contribution is 2.08. The van der Waals surface area contributed by atoms with E-state index in [1.807, 2.05) is 0 Å². The maximum absolute atomic E-state index is 10.6. The highest BCUT2D eigenvalue weighted by molar-refractivity contribution is 5.80. The Kier molecular flexibility index (Phi) is 2.99. The van der Waals surface area contributed by atoms with Gasteiger partial charge in [0.25, 0.3) is 0 Å². The molecule has 0 saturated heterocycles. The smallest absolute Gasteiger partial charge is 0.140 e. The van der Waals surface area contributed by atoms with E-state index in [2.05, 4.69) is 6.58 Å². The lowest BCUT2D eigenvalue weighted by Crippen LogP contribution is -2.09. The third-order valence-corrected chi connectivity index (χ3v) is 1.35. The van der Waals surface area contributed by atoms with Gasteiger partial charge in [-0.25, -0.2) is 0 Å². The fourth-order valence-corrected chi connectivity index (χ4v) is 0.403. The quantitative estimate of drug-likeness (QED) is 0.536. The Morgan fingerprint density at radius 1 is 1.67 bits per heavy atom. The summed E-state index contributed by atoms with van der Waals surface area (Å²) in [6.45, 7) is 6.85. The van der Waals surface area contributed by atoms with Crippen molar-refractivity contribution in [2.75, 3.05) is 7.11 Å². The lowest BCUT2D eigenvalue weighted by atomic mass is 10.1. The van der Waals surface area contributed by atoms with Gasteiger partial charge < -0.3 is 4.74 Å². The summed E-state index contributed by atoms with van der Waals surface area (Å²) in [7, 11) is 1.52. The van der Waals surface area contributed by atoms with Gasteiger partial charge in [-0.2, -0.15) is 0 Å². The number of rotatable bonds is 3. The van der Waals surface area contributed by atoms with Gasteiger partial charge in [-0.1, -0.05) is 6.58 Å². The minimum atomic E-state index is -0.171. The van der Waals surface area contributed by atoms with Crippen molar-refractivity contribution in [2.45, 2.75) is 13.8 Å². The van der Waals surface area contributed by atoms with Crippen molar-refractivity contribution in [1.82, 2.24) is 0 Å². The minimum Gasteiger partial charge on any atom is -0.501 e. The van der Waals surface area contributed by atoms with Crippen molar-refractivity contribution in [3.05, 3.63) is 12.3 Å². The van der Waals surface area contributed by atoms with Crippen LogP contribution in [0.2, 0.25) is 0 Å². The Balaban J connectivity index is 3.88. The maximum atomic E-state index is 10.6. The number of ketones is 1. The summed E-state index contributed by atoms with van der Waals surface area (Å²) in [5.41, 5.74) is 0. The van der Waals surface area contributed by atoms with E-state index in [9.17, 15) is 4.79 Å². The Hall–Kier alpha value is -0.790. The molecule has 2 heteroatoms. The first kappa shape index (κ1) is 8.21. The Bertz CT molecular complexity index is 127. The first-order valence-corrected chi connectivity index (χ1v) is 2.82. The van der Waals surface area contributed by atoms with Crippen LogP contribution in [-0.4, -0.2) is 12.9 Å². The van der Waals surface area contributed by atoms with Gasteiger partial charge in [0.2, 0.25) is 0 Å². The fraction of sp³-hybridized carbons (Fsp3) is 0.571. The van der Waals surface area contributed by atoms with Crippen molar-refractivity contribution in [3.63, 3.8) is 0 Å². The molecule has 1 atom stereocenters. The summed E-state index contributed by atoms with van der Waals surface area (Å²) in [6.07, 6.45) is 0. The molecule has 0 heterocycles. The lowest BCUT2D eigenvalue weighted by Gasteiger charge is -2.08. The van der Waals surface area contributed by atoms with Crippen LogP contribution < -0.4 is 0 Å². The van der Waals surface area contributed by atoms with Gasteiger partial charge in [0.05, 0.1) is 18.8 Å². The minimum absolute atomic E-state index is 0.0850. The molecule has 0 aliphatic rings. The van der Waals surface area contributed by atoms with Crippen molar-refractivity contribution in [2.24, 2.45) is 5.92 Å². The summed E-state index contributed by atoms with van der Waals surface area (Å²) >= 11 is 0. The molecule has 9 heavy (non-hydrogen) atoms. The predicted molar refractivity (Wildman–Crippen MR) is 36.0 cm³/mol. The van der Waals surface area contributed by atoms with E-state index in [0.717, 1.165) is 0 Å². The zero-order valence-corrected chi connectivity index (χ0v) is 6.10. The van der Waals surface area contributed by atoms with E-state index in [1.165, 1.54) is 14.0 Å². The monoisotopic (exact) mass is 128 g/mol. The van der Waals surface area contributed by atoms with Gasteiger partial charge in [0.1, 0.15) is 5.78 Å². The van der Waals surface area contributed by atoms with Gasteiger partial charge in [0, 0.05) is 0 Å². The number of carbonyl (C=O) groups is 1. The molecule has 0 aliphatic heterocycles. The van der Waals surface area contributed by atoms with Crippen LogP contribution in [0.15, 0.2) is 12.3 Å². The van der Waals surface area contributed by atoms with Crippen LogP contribution in [0.4, 0.5) is 0 Å². The normalized spacial score (nSPS) is 12.3. The largest absolute Gasteiger partial charge is 0.501 e. The van der Waals surface area contributed by atoms with E-state index in [4.69, 9.17) is 4.74 Å². The highest BCUT2D eigenvalue weighted by atomic mass is 16.5.